The van der Waals surface area contributed by atoms with Crippen LogP contribution in [0.1, 0.15) is 361 Å². The van der Waals surface area contributed by atoms with Crippen LogP contribution in [0.3, 0.4) is 0 Å². The van der Waals surface area contributed by atoms with E-state index in [1.807, 2.05) is 97.3 Å². The summed E-state index contributed by atoms with van der Waals surface area (Å²) in [6.45, 7) is 13.7. The molecule has 0 spiro atoms. The molecular weight excluding hydrogens is 1890 g/mol. The lowest BCUT2D eigenvalue weighted by atomic mass is 10.0. The molecule has 7 N–H and O–H groups in total. The third-order valence-electron chi connectivity index (χ3n) is 25.0. The number of H-pyrrole nitrogens is 1. The van der Waals surface area contributed by atoms with Crippen molar-refractivity contribution in [3.05, 3.63) is 131 Å². The summed E-state index contributed by atoms with van der Waals surface area (Å²) in [6, 6.07) is 27.0. The molecule has 6 heterocycles. The lowest BCUT2D eigenvalue weighted by Crippen LogP contribution is -2.49. The third-order valence-corrected chi connectivity index (χ3v) is 29.7. The van der Waals surface area contributed by atoms with Crippen LogP contribution in [0.4, 0.5) is 16.2 Å². The molecule has 0 bridgehead atoms. The number of hydrogen-bond donors (Lipinski definition) is 5. The van der Waals surface area contributed by atoms with Gasteiger partial charge in [-0.25, -0.2) is 28.9 Å². The zero-order valence-electron chi connectivity index (χ0n) is 87.2. The lowest BCUT2D eigenvalue weighted by Gasteiger charge is -2.26. The highest BCUT2D eigenvalue weighted by Gasteiger charge is 2.38. The number of aromatic amines is 1. The van der Waals surface area contributed by atoms with E-state index >= 15 is 0 Å². The number of fused-ring (bicyclic) bond motifs is 3. The fourth-order valence-electron chi connectivity index (χ4n) is 16.7. The third kappa shape index (κ3) is 55.6. The van der Waals surface area contributed by atoms with E-state index in [1.165, 1.54) is 300 Å². The number of nitrogens with zero attached hydrogens (tertiary/aromatic N) is 10. The fraction of sp³-hybridized carbons (Fsp3) is 0.704. The maximum atomic E-state index is 14.0. The first-order valence-corrected chi connectivity index (χ1v) is 59.4. The van der Waals surface area contributed by atoms with Crippen molar-refractivity contribution in [3.63, 3.8) is 0 Å². The van der Waals surface area contributed by atoms with Gasteiger partial charge in [-0.15, -0.1) is 0 Å². The van der Waals surface area contributed by atoms with E-state index < -0.39 is 59.6 Å². The number of para-hydroxylation sites is 1. The SMILES string of the molecule is C.CCCCCCCCCCCCCCCCCCOCCOP(=O)(COC(C)CN1C=NC2C(=O)NC(=N)N=C21)OCc1ccccc1.CCCCCCCCCCCCCCCCCCOCCOP(=O)(COC(C)Cn1cnc2c(N)ncnc21)Oc1ccccc1.CCCCCCCCCCCCCCCCCCOCCOP(=O)(COC(CF)Cn1cnc2c(=O)[nH]c(N)nc21)OCc1ccccc1. The van der Waals surface area contributed by atoms with Crippen molar-refractivity contribution in [2.75, 3.05) is 103 Å². The van der Waals surface area contributed by atoms with Gasteiger partial charge >= 0.3 is 22.8 Å². The first kappa shape index (κ1) is 125. The maximum Gasteiger partial charge on any atom is 0.404 e. The summed E-state index contributed by atoms with van der Waals surface area (Å²) >= 11 is 0. The summed E-state index contributed by atoms with van der Waals surface area (Å²) in [4.78, 5) is 57.2. The number of ether oxygens (including phenoxy) is 6. The molecule has 7 aromatic rings. The van der Waals surface area contributed by atoms with Gasteiger partial charge in [-0.05, 0) is 56.4 Å². The summed E-state index contributed by atoms with van der Waals surface area (Å²) in [5.74, 6) is 0.468. The van der Waals surface area contributed by atoms with E-state index in [-0.39, 0.29) is 101 Å². The number of imidazole rings is 2. The Kier molecular flexibility index (Phi) is 68.3. The number of nitrogens with two attached hydrogens (primary N) is 2. The summed E-state index contributed by atoms with van der Waals surface area (Å²) < 4.78 is 128. The van der Waals surface area contributed by atoms with Crippen LogP contribution in [-0.4, -0.2) is 184 Å². The van der Waals surface area contributed by atoms with Gasteiger partial charge in [0.15, 0.2) is 35.0 Å². The highest BCUT2D eigenvalue weighted by molar-refractivity contribution is 7.54. The first-order chi connectivity index (χ1) is 69.8. The van der Waals surface area contributed by atoms with Gasteiger partial charge in [-0.2, -0.15) is 9.98 Å². The Morgan fingerprint density at radius 1 is 0.424 bits per heavy atom. The second-order valence-corrected chi connectivity index (χ2v) is 43.7. The molecule has 0 radical (unpaired) electrons. The predicted molar refractivity (Wildman–Crippen MR) is 579 cm³/mol. The molecule has 0 aliphatic carbocycles. The maximum absolute atomic E-state index is 14.0. The fourth-order valence-corrected chi connectivity index (χ4v) is 20.8. The molecule has 7 atom stereocenters. The van der Waals surface area contributed by atoms with Crippen LogP contribution in [0.2, 0.25) is 0 Å². The van der Waals surface area contributed by atoms with Crippen molar-refractivity contribution >= 4 is 80.9 Å². The number of hydrogen-bond acceptors (Lipinski definition) is 27. The number of unbranched alkanes of at least 4 members (excludes halogenated alkanes) is 45. The number of nitrogens with one attached hydrogen (secondary N) is 3. The standard InChI is InChI=1S/C36H59FN5O6P.C36H60N5O6P.C35H58N5O5P.CH4/c1-2-3-4-5-6-7-8-9-10-11-12-13-14-15-16-20-23-45-24-25-47-49(44,48-28-31-21-18-17-19-22-31)30-46-32(26-37)27-42-29-39-33-34(42)40-36(38)41-35(33)43;1-3-4-5-6-7-8-9-10-11-12-13-14-15-16-17-21-24-44-25-26-46-48(43,47-28-32-22-19-18-20-23-32)30-45-31(2)27-41-29-38-33-34(41)39-36(37)40-35(33)42;1-3-4-5-6-7-8-9-10-11-12-13-14-15-16-17-21-24-42-25-26-44-46(41,45-32-22-19-18-20-23-32)30-43-31(2)27-40-29-39-33-34(36)37-28-38-35(33)40;/h17-19,21-22,29,32H,2-16,20,23-28,30H2,1H3,(H3,38,40,41,43);18-20,22-23,29,31,33H,3-17,21,24-28,30H2,1-2H3,(H2,37,40,42);18-20,22-23,28-29,31H,3-17,21,24-27,30H2,1-2H3,(H2,36,37,38);1H4. The number of amidine groups is 1. The largest absolute Gasteiger partial charge is 0.423 e. The Morgan fingerprint density at radius 3 is 1.21 bits per heavy atom. The summed E-state index contributed by atoms with van der Waals surface area (Å²) in [7, 11) is -11.0. The molecule has 144 heavy (non-hydrogen) atoms. The molecule has 3 aromatic carbocycles. The summed E-state index contributed by atoms with van der Waals surface area (Å²) in [5, 5.41) is 10.1. The topological polar surface area (TPSA) is 402 Å². The average molecular weight is 2070 g/mol. The second-order valence-electron chi connectivity index (χ2n) is 37.8. The zero-order chi connectivity index (χ0) is 102. The number of carbonyl (C=O) groups excluding carboxylic acids is 1. The van der Waals surface area contributed by atoms with Gasteiger partial charge in [0.25, 0.3) is 11.5 Å². The van der Waals surface area contributed by atoms with Crippen molar-refractivity contribution in [1.82, 2.24) is 49.3 Å². The smallest absolute Gasteiger partial charge is 0.404 e. The number of anilines is 2. The Labute approximate surface area is 860 Å². The van der Waals surface area contributed by atoms with Gasteiger partial charge in [-0.1, -0.05) is 396 Å². The van der Waals surface area contributed by atoms with Gasteiger partial charge in [-0.3, -0.25) is 43.9 Å². The van der Waals surface area contributed by atoms with Crippen LogP contribution < -0.4 is 26.9 Å². The molecule has 2 aliphatic rings. The quantitative estimate of drug-likeness (QED) is 0.0175. The minimum absolute atomic E-state index is 0. The van der Waals surface area contributed by atoms with Crippen LogP contribution >= 0.6 is 22.8 Å². The summed E-state index contributed by atoms with van der Waals surface area (Å²) in [6.07, 6.45) is 67.1. The highest BCUT2D eigenvalue weighted by Crippen LogP contribution is 2.51. The molecule has 32 nitrogen and oxygen atoms in total. The Balaban J connectivity index is 0.000000329. The number of benzene rings is 3. The second kappa shape index (κ2) is 78.6. The van der Waals surface area contributed by atoms with Gasteiger partial charge < -0.3 is 76.5 Å². The van der Waals surface area contributed by atoms with Gasteiger partial charge in [0.2, 0.25) is 11.9 Å². The minimum Gasteiger partial charge on any atom is -0.423 e. The molecule has 7 unspecified atom stereocenters. The van der Waals surface area contributed by atoms with Crippen LogP contribution in [0.15, 0.2) is 125 Å². The van der Waals surface area contributed by atoms with E-state index in [1.54, 1.807) is 23.4 Å². The Hall–Kier alpha value is -7.58. The molecule has 1 amide bonds. The number of aromatic nitrogens is 8. The van der Waals surface area contributed by atoms with E-state index in [9.17, 15) is 27.7 Å². The van der Waals surface area contributed by atoms with Crippen LogP contribution in [0.25, 0.3) is 22.3 Å². The number of carbonyl (C=O) groups is 1. The van der Waals surface area contributed by atoms with Gasteiger partial charge in [0.05, 0.1) is 104 Å². The summed E-state index contributed by atoms with van der Waals surface area (Å²) in [5.41, 5.74) is 14.2. The zero-order valence-corrected chi connectivity index (χ0v) is 89.9. The van der Waals surface area contributed by atoms with Crippen molar-refractivity contribution in [1.29, 1.82) is 5.41 Å². The molecule has 4 aromatic heterocycles. The first-order valence-electron chi connectivity index (χ1n) is 54.2. The highest BCUT2D eigenvalue weighted by atomic mass is 31.2. The molecular formula is C108H181FN15O17P3. The number of halogens is 1. The average Bonchev–Trinajstić information content (AvgIpc) is 1.69. The molecule has 36 heteroatoms. The van der Waals surface area contributed by atoms with E-state index in [4.69, 9.17) is 72.4 Å². The van der Waals surface area contributed by atoms with Crippen molar-refractivity contribution in [2.45, 2.75) is 401 Å². The number of alkyl halides is 1. The van der Waals surface area contributed by atoms with Crippen LogP contribution in [0, 0.1) is 5.41 Å². The molecule has 9 rings (SSSR count). The Bertz CT molecular complexity index is 4720. The monoisotopic (exact) mass is 2070 g/mol. The van der Waals surface area contributed by atoms with Gasteiger partial charge in [0.1, 0.15) is 48.9 Å². The number of amides is 1. The van der Waals surface area contributed by atoms with Gasteiger partial charge in [0, 0.05) is 19.8 Å². The lowest BCUT2D eigenvalue weighted by molar-refractivity contribution is -0.119. The number of guanidine groups is 1. The predicted octanol–water partition coefficient (Wildman–Crippen LogP) is 26.9. The van der Waals surface area contributed by atoms with Crippen molar-refractivity contribution < 1.29 is 78.4 Å². The van der Waals surface area contributed by atoms with Crippen molar-refractivity contribution in [2.24, 2.45) is 9.98 Å². The molecule has 0 saturated carbocycles. The molecule has 2 aliphatic heterocycles. The molecule has 812 valence electrons. The molecule has 0 saturated heterocycles. The number of nitrogen functional groups attached to an aromatic ring is 2. The number of aliphatic imine (C=N–C) groups is 2. The minimum atomic E-state index is -3.78. The van der Waals surface area contributed by atoms with Crippen LogP contribution in [-0.2, 0) is 95.8 Å². The molecule has 0 fully saturated rings. The Morgan fingerprint density at radius 2 is 0.792 bits per heavy atom. The van der Waals surface area contributed by atoms with Crippen LogP contribution in [0.5, 0.6) is 5.75 Å². The van der Waals surface area contributed by atoms with Crippen molar-refractivity contribution in [3.8, 4) is 5.75 Å². The van der Waals surface area contributed by atoms with E-state index in [2.05, 4.69) is 66.0 Å². The van der Waals surface area contributed by atoms with E-state index in [0.717, 1.165) is 43.2 Å². The van der Waals surface area contributed by atoms with E-state index in [0.29, 0.717) is 74.7 Å². The normalized spacial score (nSPS) is 14.9. The number of rotatable bonds is 87.